The first-order chi connectivity index (χ1) is 8.47. The third-order valence-corrected chi connectivity index (χ3v) is 2.37. The molecule has 7 heteroatoms. The lowest BCUT2D eigenvalue weighted by Crippen LogP contribution is -2.12. The van der Waals surface area contributed by atoms with Crippen LogP contribution in [0, 0.1) is 0 Å². The van der Waals surface area contributed by atoms with Crippen LogP contribution in [-0.2, 0) is 6.18 Å². The number of hydrogen-bond acceptors (Lipinski definition) is 4. The summed E-state index contributed by atoms with van der Waals surface area (Å²) in [7, 11) is 0. The van der Waals surface area contributed by atoms with Crippen molar-refractivity contribution in [2.75, 3.05) is 5.32 Å². The molecule has 4 nitrogen and oxygen atoms in total. The zero-order chi connectivity index (χ0) is 13.2. The summed E-state index contributed by atoms with van der Waals surface area (Å²) in [6, 6.07) is 2.39. The van der Waals surface area contributed by atoms with E-state index in [1.165, 1.54) is 12.5 Å². The SMILES string of the molecule is C[C@H](Nc1cc(C(F)(F)F)ncn1)c1ccoc1. The fraction of sp³-hybridized carbons (Fsp3) is 0.273. The maximum Gasteiger partial charge on any atom is 0.433 e. The highest BCUT2D eigenvalue weighted by atomic mass is 19.4. The number of alkyl halides is 3. The quantitative estimate of drug-likeness (QED) is 0.916. The van der Waals surface area contributed by atoms with Gasteiger partial charge >= 0.3 is 6.18 Å². The maximum absolute atomic E-state index is 12.4. The molecule has 2 heterocycles. The summed E-state index contributed by atoms with van der Waals surface area (Å²) in [5.74, 6) is 0.117. The summed E-state index contributed by atoms with van der Waals surface area (Å²) in [5, 5.41) is 2.85. The molecule has 0 aliphatic carbocycles. The minimum atomic E-state index is -4.47. The number of nitrogens with zero attached hydrogens (tertiary/aromatic N) is 2. The Kier molecular flexibility index (Phi) is 3.22. The summed E-state index contributed by atoms with van der Waals surface area (Å²) in [6.45, 7) is 1.79. The van der Waals surface area contributed by atoms with Crippen molar-refractivity contribution in [1.82, 2.24) is 9.97 Å². The highest BCUT2D eigenvalue weighted by Gasteiger charge is 2.32. The topological polar surface area (TPSA) is 51.0 Å². The second-order valence-electron chi connectivity index (χ2n) is 3.71. The van der Waals surface area contributed by atoms with Crippen molar-refractivity contribution in [2.24, 2.45) is 0 Å². The molecule has 0 unspecified atom stereocenters. The van der Waals surface area contributed by atoms with Crippen molar-refractivity contribution < 1.29 is 17.6 Å². The number of halogens is 3. The van der Waals surface area contributed by atoms with Gasteiger partial charge in [-0.1, -0.05) is 0 Å². The molecule has 2 aromatic rings. The number of rotatable bonds is 3. The Balaban J connectivity index is 2.15. The molecule has 2 aromatic heterocycles. The summed E-state index contributed by atoms with van der Waals surface area (Å²) < 4.78 is 42.2. The van der Waals surface area contributed by atoms with E-state index < -0.39 is 11.9 Å². The molecule has 18 heavy (non-hydrogen) atoms. The predicted octanol–water partition coefficient (Wildman–Crippen LogP) is 3.26. The average Bonchev–Trinajstić information content (AvgIpc) is 2.81. The highest BCUT2D eigenvalue weighted by Crippen LogP contribution is 2.28. The van der Waals surface area contributed by atoms with Crippen molar-refractivity contribution in [1.29, 1.82) is 0 Å². The van der Waals surface area contributed by atoms with E-state index in [0.717, 1.165) is 18.0 Å². The van der Waals surface area contributed by atoms with Gasteiger partial charge in [-0.25, -0.2) is 9.97 Å². The summed E-state index contributed by atoms with van der Waals surface area (Å²) in [6.07, 6.45) is -0.580. The Morgan fingerprint density at radius 3 is 2.72 bits per heavy atom. The molecule has 0 fully saturated rings. The van der Waals surface area contributed by atoms with Crippen LogP contribution in [-0.4, -0.2) is 9.97 Å². The molecule has 0 amide bonds. The molecule has 0 aliphatic heterocycles. The minimum absolute atomic E-state index is 0.117. The van der Waals surface area contributed by atoms with Crippen molar-refractivity contribution in [2.45, 2.75) is 19.1 Å². The van der Waals surface area contributed by atoms with E-state index in [1.807, 2.05) is 0 Å². The van der Waals surface area contributed by atoms with Crippen LogP contribution in [0.25, 0.3) is 0 Å². The maximum atomic E-state index is 12.4. The first kappa shape index (κ1) is 12.4. The van der Waals surface area contributed by atoms with Gasteiger partial charge in [0.1, 0.15) is 17.8 Å². The van der Waals surface area contributed by atoms with Crippen LogP contribution in [0.15, 0.2) is 35.4 Å². The fourth-order valence-corrected chi connectivity index (χ4v) is 1.42. The van der Waals surface area contributed by atoms with Gasteiger partial charge in [-0.2, -0.15) is 13.2 Å². The largest absolute Gasteiger partial charge is 0.472 e. The first-order valence-electron chi connectivity index (χ1n) is 5.14. The normalized spacial score (nSPS) is 13.3. The highest BCUT2D eigenvalue weighted by molar-refractivity contribution is 5.38. The van der Waals surface area contributed by atoms with E-state index in [9.17, 15) is 13.2 Å². The van der Waals surface area contributed by atoms with Crippen LogP contribution in [0.3, 0.4) is 0 Å². The summed E-state index contributed by atoms with van der Waals surface area (Å²) >= 11 is 0. The number of anilines is 1. The number of nitrogens with one attached hydrogen (secondary N) is 1. The molecule has 0 saturated carbocycles. The van der Waals surface area contributed by atoms with Gasteiger partial charge in [0.25, 0.3) is 0 Å². The molecule has 0 saturated heterocycles. The van der Waals surface area contributed by atoms with Gasteiger partial charge in [0.15, 0.2) is 0 Å². The Bertz CT molecular complexity index is 511. The van der Waals surface area contributed by atoms with E-state index in [1.54, 1.807) is 13.0 Å². The third kappa shape index (κ3) is 2.79. The summed E-state index contributed by atoms with van der Waals surface area (Å²) in [4.78, 5) is 6.94. The van der Waals surface area contributed by atoms with E-state index in [0.29, 0.717) is 0 Å². The smallest absolute Gasteiger partial charge is 0.433 e. The lowest BCUT2D eigenvalue weighted by atomic mass is 10.2. The van der Waals surface area contributed by atoms with E-state index >= 15 is 0 Å². The third-order valence-electron chi connectivity index (χ3n) is 2.37. The summed E-state index contributed by atoms with van der Waals surface area (Å²) in [5.41, 5.74) is -0.151. The zero-order valence-electron chi connectivity index (χ0n) is 9.40. The lowest BCUT2D eigenvalue weighted by Gasteiger charge is -2.13. The predicted molar refractivity (Wildman–Crippen MR) is 57.8 cm³/mol. The second-order valence-corrected chi connectivity index (χ2v) is 3.71. The molecule has 2 rings (SSSR count). The van der Waals surface area contributed by atoms with Gasteiger partial charge in [0, 0.05) is 11.6 Å². The monoisotopic (exact) mass is 257 g/mol. The van der Waals surface area contributed by atoms with Gasteiger partial charge < -0.3 is 9.73 Å². The Morgan fingerprint density at radius 1 is 1.33 bits per heavy atom. The van der Waals surface area contributed by atoms with E-state index in [4.69, 9.17) is 4.42 Å². The fourth-order valence-electron chi connectivity index (χ4n) is 1.42. The number of aromatic nitrogens is 2. The van der Waals surface area contributed by atoms with Crippen LogP contribution in [0.4, 0.5) is 19.0 Å². The van der Waals surface area contributed by atoms with Crippen LogP contribution in [0.2, 0.25) is 0 Å². The molecule has 0 bridgehead atoms. The van der Waals surface area contributed by atoms with Crippen molar-refractivity contribution in [3.8, 4) is 0 Å². The van der Waals surface area contributed by atoms with Crippen molar-refractivity contribution in [3.63, 3.8) is 0 Å². The first-order valence-corrected chi connectivity index (χ1v) is 5.14. The van der Waals surface area contributed by atoms with Gasteiger partial charge in [-0.3, -0.25) is 0 Å². The lowest BCUT2D eigenvalue weighted by molar-refractivity contribution is -0.141. The van der Waals surface area contributed by atoms with E-state index in [2.05, 4.69) is 15.3 Å². The molecular formula is C11H10F3N3O. The molecule has 0 aromatic carbocycles. The van der Waals surface area contributed by atoms with Crippen LogP contribution >= 0.6 is 0 Å². The van der Waals surface area contributed by atoms with Crippen molar-refractivity contribution in [3.05, 3.63) is 42.2 Å². The zero-order valence-corrected chi connectivity index (χ0v) is 9.40. The standard InChI is InChI=1S/C11H10F3N3O/c1-7(8-2-3-18-5-8)17-10-4-9(11(12,13)14)15-6-16-10/h2-7H,1H3,(H,15,16,17)/t7-/m0/s1. The Morgan fingerprint density at radius 2 is 2.11 bits per heavy atom. The molecular weight excluding hydrogens is 247 g/mol. The van der Waals surface area contributed by atoms with Crippen LogP contribution in [0.5, 0.6) is 0 Å². The van der Waals surface area contributed by atoms with Gasteiger partial charge in [0.2, 0.25) is 0 Å². The molecule has 0 aliphatic rings. The number of hydrogen-bond donors (Lipinski definition) is 1. The van der Waals surface area contributed by atoms with Gasteiger partial charge in [0.05, 0.1) is 18.6 Å². The minimum Gasteiger partial charge on any atom is -0.472 e. The van der Waals surface area contributed by atoms with Crippen molar-refractivity contribution >= 4 is 5.82 Å². The van der Waals surface area contributed by atoms with E-state index in [-0.39, 0.29) is 11.9 Å². The second kappa shape index (κ2) is 4.67. The van der Waals surface area contributed by atoms with Gasteiger partial charge in [-0.05, 0) is 13.0 Å². The molecule has 1 N–H and O–H groups in total. The Hall–Kier alpha value is -2.05. The molecule has 0 radical (unpaired) electrons. The molecule has 1 atom stereocenters. The number of furan rings is 1. The van der Waals surface area contributed by atoms with Gasteiger partial charge in [-0.15, -0.1) is 0 Å². The Labute approximate surface area is 101 Å². The van der Waals surface area contributed by atoms with Crippen LogP contribution in [0.1, 0.15) is 24.2 Å². The molecule has 0 spiro atoms. The average molecular weight is 257 g/mol. The molecule has 96 valence electrons. The van der Waals surface area contributed by atoms with Crippen LogP contribution < -0.4 is 5.32 Å².